The van der Waals surface area contributed by atoms with E-state index in [1.54, 1.807) is 24.3 Å². The predicted octanol–water partition coefficient (Wildman–Crippen LogP) is 3.89. The topological polar surface area (TPSA) is 41.1 Å². The lowest BCUT2D eigenvalue weighted by Crippen LogP contribution is -2.39. The Morgan fingerprint density at radius 3 is 2.43 bits per heavy atom. The average Bonchev–Trinajstić information content (AvgIpc) is 2.52. The number of halogens is 1. The third-order valence-electron chi connectivity index (χ3n) is 3.07. The highest BCUT2D eigenvalue weighted by molar-refractivity contribution is 6.30. The van der Waals surface area contributed by atoms with E-state index in [0.717, 1.165) is 5.56 Å². The van der Waals surface area contributed by atoms with Crippen molar-refractivity contribution in [2.45, 2.75) is 12.5 Å². The third kappa shape index (κ3) is 4.45. The van der Waals surface area contributed by atoms with Crippen LogP contribution < -0.4 is 10.9 Å². The highest BCUT2D eigenvalue weighted by Crippen LogP contribution is 2.16. The molecule has 1 amide bonds. The number of benzene rings is 2. The molecule has 0 aliphatic heterocycles. The van der Waals surface area contributed by atoms with Gasteiger partial charge in [0, 0.05) is 10.6 Å². The van der Waals surface area contributed by atoms with Crippen molar-refractivity contribution >= 4 is 17.5 Å². The van der Waals surface area contributed by atoms with Crippen LogP contribution in [-0.2, 0) is 0 Å². The number of carbonyl (C=O) groups excluding carboxylic acids is 1. The highest BCUT2D eigenvalue weighted by Gasteiger charge is 2.11. The fraction of sp³-hybridized carbons (Fsp3) is 0.118. The van der Waals surface area contributed by atoms with E-state index in [2.05, 4.69) is 17.4 Å². The first kappa shape index (κ1) is 15.3. The lowest BCUT2D eigenvalue weighted by molar-refractivity contribution is 0.0925. The molecule has 0 saturated heterocycles. The van der Waals surface area contributed by atoms with Crippen LogP contribution >= 0.6 is 11.6 Å². The maximum Gasteiger partial charge on any atom is 0.265 e. The Hall–Kier alpha value is -2.10. The van der Waals surface area contributed by atoms with E-state index in [-0.39, 0.29) is 11.9 Å². The quantitative estimate of drug-likeness (QED) is 0.627. The summed E-state index contributed by atoms with van der Waals surface area (Å²) in [7, 11) is 0. The Kier molecular flexibility index (Phi) is 5.55. The summed E-state index contributed by atoms with van der Waals surface area (Å²) in [5, 5.41) is 0.605. The summed E-state index contributed by atoms with van der Waals surface area (Å²) in [6.07, 6.45) is 2.53. The molecule has 0 saturated carbocycles. The van der Waals surface area contributed by atoms with Crippen LogP contribution in [0.25, 0.3) is 0 Å². The van der Waals surface area contributed by atoms with E-state index in [9.17, 15) is 4.79 Å². The lowest BCUT2D eigenvalue weighted by atomic mass is 10.0. The molecule has 2 aromatic rings. The van der Waals surface area contributed by atoms with Crippen LogP contribution in [0, 0.1) is 0 Å². The summed E-state index contributed by atoms with van der Waals surface area (Å²) < 4.78 is 0. The Labute approximate surface area is 129 Å². The van der Waals surface area contributed by atoms with Gasteiger partial charge in [0.25, 0.3) is 5.91 Å². The zero-order chi connectivity index (χ0) is 15.1. The second kappa shape index (κ2) is 7.62. The minimum absolute atomic E-state index is 0.0139. The van der Waals surface area contributed by atoms with Gasteiger partial charge in [-0.1, -0.05) is 48.0 Å². The van der Waals surface area contributed by atoms with Crippen molar-refractivity contribution < 1.29 is 4.79 Å². The first-order valence-electron chi connectivity index (χ1n) is 6.68. The first-order valence-corrected chi connectivity index (χ1v) is 7.06. The molecule has 0 heterocycles. The van der Waals surface area contributed by atoms with Gasteiger partial charge in [-0.3, -0.25) is 10.2 Å². The second-order valence-electron chi connectivity index (χ2n) is 4.59. The molecule has 2 rings (SSSR count). The van der Waals surface area contributed by atoms with Crippen LogP contribution in [0.4, 0.5) is 0 Å². The molecule has 108 valence electrons. The summed E-state index contributed by atoms with van der Waals surface area (Å²) in [6, 6.07) is 16.6. The van der Waals surface area contributed by atoms with Gasteiger partial charge in [0.15, 0.2) is 0 Å². The maximum absolute atomic E-state index is 12.1. The fourth-order valence-electron chi connectivity index (χ4n) is 1.96. The molecule has 2 aromatic carbocycles. The summed E-state index contributed by atoms with van der Waals surface area (Å²) in [5.74, 6) is -0.198. The van der Waals surface area contributed by atoms with Crippen molar-refractivity contribution in [3.63, 3.8) is 0 Å². The van der Waals surface area contributed by atoms with E-state index in [0.29, 0.717) is 17.0 Å². The standard InChI is InChI=1S/C17H17ClN2O/c1-2-6-16(13-7-4-3-5-8-13)19-20-17(21)14-9-11-15(18)12-10-14/h2-5,7-12,16,19H,1,6H2,(H,20,21). The van der Waals surface area contributed by atoms with Crippen molar-refractivity contribution in [1.29, 1.82) is 0 Å². The first-order chi connectivity index (χ1) is 10.2. The second-order valence-corrected chi connectivity index (χ2v) is 5.03. The number of hydrogen-bond donors (Lipinski definition) is 2. The number of rotatable bonds is 6. The largest absolute Gasteiger partial charge is 0.287 e. The van der Waals surface area contributed by atoms with Gasteiger partial charge in [-0.05, 0) is 36.2 Å². The fourth-order valence-corrected chi connectivity index (χ4v) is 2.08. The van der Waals surface area contributed by atoms with Crippen LogP contribution in [0.1, 0.15) is 28.4 Å². The number of hydrazine groups is 1. The molecule has 0 aromatic heterocycles. The summed E-state index contributed by atoms with van der Waals surface area (Å²) >= 11 is 5.81. The van der Waals surface area contributed by atoms with E-state index in [4.69, 9.17) is 11.6 Å². The van der Waals surface area contributed by atoms with Crippen LogP contribution in [0.15, 0.2) is 67.3 Å². The van der Waals surface area contributed by atoms with Gasteiger partial charge in [0.05, 0.1) is 6.04 Å². The Morgan fingerprint density at radius 1 is 1.14 bits per heavy atom. The predicted molar refractivity (Wildman–Crippen MR) is 86.1 cm³/mol. The third-order valence-corrected chi connectivity index (χ3v) is 3.32. The normalized spacial score (nSPS) is 11.7. The van der Waals surface area contributed by atoms with Gasteiger partial charge in [-0.15, -0.1) is 6.58 Å². The van der Waals surface area contributed by atoms with Crippen molar-refractivity contribution in [3.05, 3.63) is 83.4 Å². The van der Waals surface area contributed by atoms with E-state index >= 15 is 0 Å². The van der Waals surface area contributed by atoms with Gasteiger partial charge in [0.2, 0.25) is 0 Å². The monoisotopic (exact) mass is 300 g/mol. The average molecular weight is 301 g/mol. The molecule has 21 heavy (non-hydrogen) atoms. The molecule has 0 aliphatic rings. The highest BCUT2D eigenvalue weighted by atomic mass is 35.5. The van der Waals surface area contributed by atoms with E-state index in [1.165, 1.54) is 0 Å². The minimum atomic E-state index is -0.198. The molecule has 0 spiro atoms. The molecule has 1 unspecified atom stereocenters. The van der Waals surface area contributed by atoms with Crippen molar-refractivity contribution in [2.75, 3.05) is 0 Å². The molecular weight excluding hydrogens is 284 g/mol. The van der Waals surface area contributed by atoms with Crippen molar-refractivity contribution in [2.24, 2.45) is 0 Å². The minimum Gasteiger partial charge on any atom is -0.287 e. The van der Waals surface area contributed by atoms with E-state index in [1.807, 2.05) is 36.4 Å². The zero-order valence-corrected chi connectivity index (χ0v) is 12.3. The Morgan fingerprint density at radius 2 is 1.81 bits per heavy atom. The summed E-state index contributed by atoms with van der Waals surface area (Å²) in [5.41, 5.74) is 7.41. The SMILES string of the molecule is C=CCC(NNC(=O)c1ccc(Cl)cc1)c1ccccc1. The van der Waals surface area contributed by atoms with E-state index < -0.39 is 0 Å². The van der Waals surface area contributed by atoms with Crippen LogP contribution in [0.2, 0.25) is 5.02 Å². The number of hydrogen-bond acceptors (Lipinski definition) is 2. The molecule has 0 fully saturated rings. The summed E-state index contributed by atoms with van der Waals surface area (Å²) in [4.78, 5) is 12.1. The van der Waals surface area contributed by atoms with Crippen molar-refractivity contribution in [1.82, 2.24) is 10.9 Å². The van der Waals surface area contributed by atoms with Gasteiger partial charge in [-0.2, -0.15) is 0 Å². The molecule has 0 aliphatic carbocycles. The number of carbonyl (C=O) groups is 1. The van der Waals surface area contributed by atoms with Gasteiger partial charge in [0.1, 0.15) is 0 Å². The molecular formula is C17H17ClN2O. The Balaban J connectivity index is 2.00. The van der Waals surface area contributed by atoms with Gasteiger partial charge >= 0.3 is 0 Å². The number of amides is 1. The molecule has 3 nitrogen and oxygen atoms in total. The van der Waals surface area contributed by atoms with Crippen LogP contribution in [0.5, 0.6) is 0 Å². The molecule has 2 N–H and O–H groups in total. The number of nitrogens with one attached hydrogen (secondary N) is 2. The molecule has 0 bridgehead atoms. The zero-order valence-electron chi connectivity index (χ0n) is 11.6. The molecule has 1 atom stereocenters. The molecule has 4 heteroatoms. The summed E-state index contributed by atoms with van der Waals surface area (Å²) in [6.45, 7) is 3.75. The lowest BCUT2D eigenvalue weighted by Gasteiger charge is -2.18. The van der Waals surface area contributed by atoms with Crippen molar-refractivity contribution in [3.8, 4) is 0 Å². The van der Waals surface area contributed by atoms with Crippen LogP contribution in [0.3, 0.4) is 0 Å². The smallest absolute Gasteiger partial charge is 0.265 e. The van der Waals surface area contributed by atoms with Gasteiger partial charge < -0.3 is 0 Å². The molecule has 0 radical (unpaired) electrons. The van der Waals surface area contributed by atoms with Crippen LogP contribution in [-0.4, -0.2) is 5.91 Å². The Bertz CT molecular complexity index is 596. The van der Waals surface area contributed by atoms with Gasteiger partial charge in [-0.25, -0.2) is 5.43 Å². The maximum atomic E-state index is 12.1.